The van der Waals surface area contributed by atoms with E-state index in [4.69, 9.17) is 32.7 Å². The number of aromatic hydroxyl groups is 1. The summed E-state index contributed by atoms with van der Waals surface area (Å²) in [4.78, 5) is 70.7. The van der Waals surface area contributed by atoms with Gasteiger partial charge in [-0.1, -0.05) is 53.1 Å². The summed E-state index contributed by atoms with van der Waals surface area (Å²) in [6.07, 6.45) is 2.07. The predicted molar refractivity (Wildman–Crippen MR) is 201 cm³/mol. The number of methoxy groups -OCH3 is 2. The minimum Gasteiger partial charge on any atom is -0.504 e. The van der Waals surface area contributed by atoms with Gasteiger partial charge in [0.25, 0.3) is 17.5 Å². The van der Waals surface area contributed by atoms with Crippen LogP contribution in [0.25, 0.3) is 0 Å². The number of nitro benzene ring substituents is 1. The van der Waals surface area contributed by atoms with Crippen LogP contribution in [0.15, 0.2) is 96.6 Å². The van der Waals surface area contributed by atoms with Crippen LogP contribution in [0.1, 0.15) is 29.9 Å². The van der Waals surface area contributed by atoms with Crippen LogP contribution in [0.5, 0.6) is 17.2 Å². The Morgan fingerprint density at radius 1 is 0.873 bits per heavy atom. The highest BCUT2D eigenvalue weighted by molar-refractivity contribution is 6.36. The van der Waals surface area contributed by atoms with Crippen molar-refractivity contribution in [2.75, 3.05) is 24.5 Å². The minimum absolute atomic E-state index is 0.0228. The van der Waals surface area contributed by atoms with Gasteiger partial charge in [0.15, 0.2) is 11.5 Å². The molecule has 0 bridgehead atoms. The van der Waals surface area contributed by atoms with Crippen LogP contribution in [0.4, 0.5) is 17.1 Å². The highest BCUT2D eigenvalue weighted by atomic mass is 35.5. The third-order valence-corrected chi connectivity index (χ3v) is 12.0. The van der Waals surface area contributed by atoms with Crippen molar-refractivity contribution in [1.82, 2.24) is 5.01 Å². The molecule has 0 radical (unpaired) electrons. The summed E-state index contributed by atoms with van der Waals surface area (Å²) in [5, 5.41) is 23.5. The van der Waals surface area contributed by atoms with Gasteiger partial charge < -0.3 is 14.6 Å². The van der Waals surface area contributed by atoms with Gasteiger partial charge in [0.1, 0.15) is 5.75 Å². The number of imide groups is 2. The van der Waals surface area contributed by atoms with Gasteiger partial charge in [-0.15, -0.1) is 0 Å². The van der Waals surface area contributed by atoms with Crippen LogP contribution in [0.3, 0.4) is 0 Å². The molecule has 0 aromatic heterocycles. The Kier molecular flexibility index (Phi) is 8.81. The number of hydrazine groups is 1. The van der Waals surface area contributed by atoms with E-state index >= 15 is 4.79 Å². The van der Waals surface area contributed by atoms with Gasteiger partial charge >= 0.3 is 0 Å². The van der Waals surface area contributed by atoms with Gasteiger partial charge in [-0.05, 0) is 84.5 Å². The van der Waals surface area contributed by atoms with Gasteiger partial charge in [0.2, 0.25) is 11.8 Å². The molecule has 55 heavy (non-hydrogen) atoms. The number of anilines is 2. The normalized spacial score (nSPS) is 25.6. The second-order valence-electron chi connectivity index (χ2n) is 13.9. The van der Waals surface area contributed by atoms with Crippen molar-refractivity contribution in [1.29, 1.82) is 0 Å². The summed E-state index contributed by atoms with van der Waals surface area (Å²) in [5.74, 6) is -5.96. The Morgan fingerprint density at radius 3 is 2.25 bits per heavy atom. The van der Waals surface area contributed by atoms with Gasteiger partial charge in [-0.3, -0.25) is 39.6 Å². The number of benzene rings is 4. The lowest BCUT2D eigenvalue weighted by atomic mass is 9.49. The first-order chi connectivity index (χ1) is 26.4. The van der Waals surface area contributed by atoms with Crippen LogP contribution in [0, 0.1) is 33.8 Å². The topological polar surface area (TPSA) is 169 Å². The molecule has 2 aliphatic heterocycles. The van der Waals surface area contributed by atoms with E-state index in [1.54, 1.807) is 48.5 Å². The SMILES string of the molecule is COc1ccc([C@@]23C(=O)N(Nc4ccc(Cl)cc4Cl)C(=O)[C@@H]2C[C@@H]2C(=CC[C@@H]4C(=O)N(c5ccc([N+](=O)[O-])cc5)C(=O)[C@@H]42)[C@@H]3c2ccc(O)c(OC)c2)cc1. The molecule has 6 atom stereocenters. The largest absolute Gasteiger partial charge is 0.504 e. The lowest BCUT2D eigenvalue weighted by molar-refractivity contribution is -0.384. The summed E-state index contributed by atoms with van der Waals surface area (Å²) in [5.41, 5.74) is 3.31. The molecule has 1 saturated carbocycles. The number of rotatable bonds is 8. The second kappa shape index (κ2) is 13.4. The fourth-order valence-electron chi connectivity index (χ4n) is 9.07. The van der Waals surface area contributed by atoms with Crippen molar-refractivity contribution in [2.45, 2.75) is 24.2 Å². The standard InChI is InChI=1S/C40H32Cl2N4O9/c1-54-25-11-4-21(5-12-25)40-29(37(49)45(39(40)51)43-31-15-6-22(41)18-30(31)42)19-28-26(35(40)20-3-16-32(47)33(17-20)55-2)13-14-27-34(28)38(50)44(36(27)48)23-7-9-24(10-8-23)46(52)53/h3-13,15-18,27-29,34-35,43,47H,14,19H2,1-2H3/t27-,28+,29-,34-,35-,40+/m0/s1. The molecule has 0 spiro atoms. The first kappa shape index (κ1) is 36.1. The van der Waals surface area contributed by atoms with Crippen LogP contribution in [-0.2, 0) is 24.6 Å². The quantitative estimate of drug-likeness (QED) is 0.0838. The zero-order valence-electron chi connectivity index (χ0n) is 29.3. The highest BCUT2D eigenvalue weighted by Crippen LogP contribution is 2.64. The molecule has 2 aliphatic carbocycles. The molecule has 2 heterocycles. The van der Waals surface area contributed by atoms with E-state index in [0.29, 0.717) is 27.5 Å². The first-order valence-electron chi connectivity index (χ1n) is 17.3. The second-order valence-corrected chi connectivity index (χ2v) is 14.8. The minimum atomic E-state index is -1.61. The van der Waals surface area contributed by atoms with E-state index in [1.807, 2.05) is 6.08 Å². The average Bonchev–Trinajstić information content (AvgIpc) is 3.56. The number of nitrogens with zero attached hydrogens (tertiary/aromatic N) is 3. The maximum atomic E-state index is 15.4. The molecule has 2 saturated heterocycles. The number of nitrogens with one attached hydrogen (secondary N) is 1. The number of phenolic OH excluding ortho intramolecular Hbond substituents is 1. The first-order valence-corrected chi connectivity index (χ1v) is 18.1. The summed E-state index contributed by atoms with van der Waals surface area (Å²) in [6.45, 7) is 0. The number of amides is 4. The van der Waals surface area contributed by atoms with Crippen LogP contribution >= 0.6 is 23.2 Å². The van der Waals surface area contributed by atoms with E-state index in [9.17, 15) is 29.6 Å². The van der Waals surface area contributed by atoms with Gasteiger partial charge in [0.05, 0.1) is 58.7 Å². The average molecular weight is 784 g/mol. The van der Waals surface area contributed by atoms with Crippen molar-refractivity contribution in [2.24, 2.45) is 23.7 Å². The molecule has 0 unspecified atom stereocenters. The molecule has 280 valence electrons. The molecule has 3 fully saturated rings. The lowest BCUT2D eigenvalue weighted by Gasteiger charge is -2.50. The summed E-state index contributed by atoms with van der Waals surface area (Å²) >= 11 is 12.7. The third kappa shape index (κ3) is 5.43. The fraction of sp³-hybridized carbons (Fsp3) is 0.250. The monoisotopic (exact) mass is 782 g/mol. The number of phenols is 1. The molecular formula is C40H32Cl2N4O9. The van der Waals surface area contributed by atoms with Crippen molar-refractivity contribution < 1.29 is 38.7 Å². The summed E-state index contributed by atoms with van der Waals surface area (Å²) < 4.78 is 11.0. The summed E-state index contributed by atoms with van der Waals surface area (Å²) in [6, 6.07) is 21.4. The van der Waals surface area contributed by atoms with E-state index in [-0.39, 0.29) is 46.4 Å². The van der Waals surface area contributed by atoms with E-state index in [0.717, 1.165) is 9.91 Å². The molecule has 4 amide bonds. The number of nitro groups is 1. The van der Waals surface area contributed by atoms with Crippen molar-refractivity contribution in [3.8, 4) is 17.2 Å². The zero-order valence-corrected chi connectivity index (χ0v) is 30.8. The maximum Gasteiger partial charge on any atom is 0.269 e. The molecule has 4 aromatic rings. The number of halogens is 2. The van der Waals surface area contributed by atoms with Gasteiger partial charge in [-0.25, -0.2) is 0 Å². The molecule has 15 heteroatoms. The zero-order chi connectivity index (χ0) is 38.9. The number of ether oxygens (including phenoxy) is 2. The molecular weight excluding hydrogens is 751 g/mol. The number of hydrogen-bond acceptors (Lipinski definition) is 10. The highest BCUT2D eigenvalue weighted by Gasteiger charge is 2.70. The van der Waals surface area contributed by atoms with Crippen molar-refractivity contribution in [3.63, 3.8) is 0 Å². The number of carbonyl (C=O) groups is 4. The van der Waals surface area contributed by atoms with Crippen LogP contribution < -0.4 is 19.8 Å². The molecule has 13 nitrogen and oxygen atoms in total. The molecule has 4 aromatic carbocycles. The Morgan fingerprint density at radius 2 is 1.60 bits per heavy atom. The lowest BCUT2D eigenvalue weighted by Crippen LogP contribution is -2.53. The molecule has 8 rings (SSSR count). The number of fused-ring (bicyclic) bond motifs is 4. The number of allylic oxidation sites excluding steroid dienone is 2. The Hall–Kier alpha value is -5.92. The Balaban J connectivity index is 1.32. The Bertz CT molecular complexity index is 2330. The van der Waals surface area contributed by atoms with Crippen LogP contribution in [-0.4, -0.2) is 52.9 Å². The van der Waals surface area contributed by atoms with E-state index in [2.05, 4.69) is 5.43 Å². The van der Waals surface area contributed by atoms with Crippen molar-refractivity contribution >= 4 is 63.9 Å². The summed E-state index contributed by atoms with van der Waals surface area (Å²) in [7, 11) is 2.91. The number of hydrogen-bond donors (Lipinski definition) is 2. The van der Waals surface area contributed by atoms with Crippen LogP contribution in [0.2, 0.25) is 10.0 Å². The smallest absolute Gasteiger partial charge is 0.269 e. The van der Waals surface area contributed by atoms with Gasteiger partial charge in [-0.2, -0.15) is 5.01 Å². The number of non-ortho nitro benzene ring substituents is 1. The Labute approximate surface area is 324 Å². The number of carbonyl (C=O) groups excluding carboxylic acids is 4. The maximum absolute atomic E-state index is 15.4. The van der Waals surface area contributed by atoms with Crippen molar-refractivity contribution in [3.05, 3.63) is 128 Å². The van der Waals surface area contributed by atoms with E-state index in [1.165, 1.54) is 50.6 Å². The fourth-order valence-corrected chi connectivity index (χ4v) is 9.52. The predicted octanol–water partition coefficient (Wildman–Crippen LogP) is 6.81. The molecule has 2 N–H and O–H groups in total. The van der Waals surface area contributed by atoms with E-state index < -0.39 is 63.6 Å². The third-order valence-electron chi connectivity index (χ3n) is 11.4. The molecule has 4 aliphatic rings. The van der Waals surface area contributed by atoms with Gasteiger partial charge in [0, 0.05) is 23.1 Å².